The highest BCUT2D eigenvalue weighted by molar-refractivity contribution is 5.74. The van der Waals surface area contributed by atoms with Gasteiger partial charge in [-0.25, -0.2) is 4.79 Å². The highest BCUT2D eigenvalue weighted by atomic mass is 16.2. The van der Waals surface area contributed by atoms with Gasteiger partial charge in [0.05, 0.1) is 12.7 Å². The van der Waals surface area contributed by atoms with Gasteiger partial charge in [0.2, 0.25) is 0 Å². The molecular weight excluding hydrogens is 300 g/mol. The lowest BCUT2D eigenvalue weighted by Gasteiger charge is -2.22. The molecule has 1 aromatic carbocycles. The van der Waals surface area contributed by atoms with Crippen LogP contribution in [-0.2, 0) is 13.6 Å². The second-order valence-corrected chi connectivity index (χ2v) is 6.78. The summed E-state index contributed by atoms with van der Waals surface area (Å²) in [5.74, 6) is 1.13. The predicted octanol–water partition coefficient (Wildman–Crippen LogP) is 3.06. The fourth-order valence-electron chi connectivity index (χ4n) is 3.11. The third kappa shape index (κ3) is 3.78. The molecule has 0 saturated heterocycles. The van der Waals surface area contributed by atoms with Crippen LogP contribution in [0.2, 0.25) is 0 Å². The number of nitrogens with one attached hydrogen (secondary N) is 1. The maximum Gasteiger partial charge on any atom is 0.317 e. The molecule has 5 heteroatoms. The molecular formula is C19H26N4O. The summed E-state index contributed by atoms with van der Waals surface area (Å²) < 4.78 is 1.83. The summed E-state index contributed by atoms with van der Waals surface area (Å²) >= 11 is 0. The number of rotatable bonds is 6. The highest BCUT2D eigenvalue weighted by Crippen LogP contribution is 2.42. The molecule has 1 aliphatic rings. The molecule has 24 heavy (non-hydrogen) atoms. The summed E-state index contributed by atoms with van der Waals surface area (Å²) in [7, 11) is 3.75. The van der Waals surface area contributed by atoms with Crippen LogP contribution in [-0.4, -0.2) is 34.3 Å². The van der Waals surface area contributed by atoms with E-state index in [0.717, 1.165) is 11.3 Å². The first kappa shape index (κ1) is 16.6. The first-order chi connectivity index (χ1) is 11.6. The van der Waals surface area contributed by atoms with E-state index in [2.05, 4.69) is 34.7 Å². The van der Waals surface area contributed by atoms with Gasteiger partial charge >= 0.3 is 6.03 Å². The Morgan fingerprint density at radius 2 is 2.08 bits per heavy atom. The Kier molecular flexibility index (Phi) is 4.88. The number of amides is 2. The van der Waals surface area contributed by atoms with E-state index >= 15 is 0 Å². The molecule has 2 amide bonds. The molecule has 1 aromatic heterocycles. The molecule has 3 rings (SSSR count). The predicted molar refractivity (Wildman–Crippen MR) is 94.7 cm³/mol. The van der Waals surface area contributed by atoms with E-state index in [4.69, 9.17) is 0 Å². The van der Waals surface area contributed by atoms with E-state index in [1.165, 1.54) is 18.4 Å². The van der Waals surface area contributed by atoms with Crippen molar-refractivity contribution in [3.8, 4) is 0 Å². The van der Waals surface area contributed by atoms with Crippen LogP contribution < -0.4 is 5.32 Å². The molecule has 1 saturated carbocycles. The van der Waals surface area contributed by atoms with Gasteiger partial charge in [-0.15, -0.1) is 0 Å². The van der Waals surface area contributed by atoms with Gasteiger partial charge in [0.15, 0.2) is 0 Å². The number of benzene rings is 1. The molecule has 1 N–H and O–H groups in total. The highest BCUT2D eigenvalue weighted by Gasteiger charge is 2.32. The van der Waals surface area contributed by atoms with E-state index in [1.54, 1.807) is 4.90 Å². The summed E-state index contributed by atoms with van der Waals surface area (Å²) in [6.07, 6.45) is 4.36. The van der Waals surface area contributed by atoms with E-state index in [1.807, 2.05) is 38.0 Å². The monoisotopic (exact) mass is 326 g/mol. The van der Waals surface area contributed by atoms with Crippen molar-refractivity contribution in [2.75, 3.05) is 13.6 Å². The molecule has 0 bridgehead atoms. The summed E-state index contributed by atoms with van der Waals surface area (Å²) in [5, 5.41) is 7.34. The Hall–Kier alpha value is -2.30. The van der Waals surface area contributed by atoms with Gasteiger partial charge in [-0.2, -0.15) is 5.10 Å². The fourth-order valence-corrected chi connectivity index (χ4v) is 3.11. The molecule has 128 valence electrons. The number of nitrogens with zero attached hydrogens (tertiary/aromatic N) is 3. The van der Waals surface area contributed by atoms with E-state index in [9.17, 15) is 4.79 Å². The summed E-state index contributed by atoms with van der Waals surface area (Å²) in [5.41, 5.74) is 3.50. The maximum absolute atomic E-state index is 12.4. The van der Waals surface area contributed by atoms with Crippen LogP contribution in [0.15, 0.2) is 36.5 Å². The average Bonchev–Trinajstić information content (AvgIpc) is 3.38. The Bertz CT molecular complexity index is 691. The van der Waals surface area contributed by atoms with Gasteiger partial charge in [-0.05, 0) is 31.2 Å². The van der Waals surface area contributed by atoms with Gasteiger partial charge in [0, 0.05) is 37.8 Å². The number of urea groups is 1. The lowest BCUT2D eigenvalue weighted by Crippen LogP contribution is -2.39. The van der Waals surface area contributed by atoms with Crippen molar-refractivity contribution in [1.29, 1.82) is 0 Å². The molecule has 2 aromatic rings. The number of hydrogen-bond acceptors (Lipinski definition) is 2. The minimum atomic E-state index is -0.0279. The molecule has 0 radical (unpaired) electrons. The normalized spacial score (nSPS) is 15.1. The van der Waals surface area contributed by atoms with Crippen LogP contribution in [0.1, 0.15) is 35.6 Å². The van der Waals surface area contributed by atoms with Crippen molar-refractivity contribution in [3.05, 3.63) is 53.3 Å². The lowest BCUT2D eigenvalue weighted by molar-refractivity contribution is 0.205. The van der Waals surface area contributed by atoms with Gasteiger partial charge in [-0.1, -0.05) is 30.3 Å². The minimum absolute atomic E-state index is 0.0279. The summed E-state index contributed by atoms with van der Waals surface area (Å²) in [6.45, 7) is 3.29. The van der Waals surface area contributed by atoms with Crippen molar-refractivity contribution in [3.63, 3.8) is 0 Å². The van der Waals surface area contributed by atoms with E-state index < -0.39 is 0 Å². The standard InChI is InChI=1S/C19H26N4O/c1-14-17(11-21-23(14)3)13-22(2)19(24)20-12-18(16-9-10-16)15-7-5-4-6-8-15/h4-8,11,16,18H,9-10,12-13H2,1-3H3,(H,20,24). The number of aromatic nitrogens is 2. The van der Waals surface area contributed by atoms with Crippen LogP contribution in [0.4, 0.5) is 4.79 Å². The number of carbonyl (C=O) groups is 1. The largest absolute Gasteiger partial charge is 0.337 e. The van der Waals surface area contributed by atoms with Crippen LogP contribution in [0.3, 0.4) is 0 Å². The third-order valence-electron chi connectivity index (χ3n) is 4.98. The Morgan fingerprint density at radius 1 is 1.38 bits per heavy atom. The fraction of sp³-hybridized carbons (Fsp3) is 0.474. The molecule has 1 fully saturated rings. The van der Waals surface area contributed by atoms with Crippen molar-refractivity contribution in [2.45, 2.75) is 32.2 Å². The van der Waals surface area contributed by atoms with Gasteiger partial charge in [0.1, 0.15) is 0 Å². The first-order valence-electron chi connectivity index (χ1n) is 8.57. The zero-order valence-electron chi connectivity index (χ0n) is 14.7. The third-order valence-corrected chi connectivity index (χ3v) is 4.98. The molecule has 1 aliphatic carbocycles. The Balaban J connectivity index is 1.56. The minimum Gasteiger partial charge on any atom is -0.337 e. The SMILES string of the molecule is Cc1c(CN(C)C(=O)NCC(c2ccccc2)C2CC2)cnn1C. The Labute approximate surface area is 143 Å². The second kappa shape index (κ2) is 7.07. The summed E-state index contributed by atoms with van der Waals surface area (Å²) in [4.78, 5) is 14.2. The zero-order valence-corrected chi connectivity index (χ0v) is 14.7. The first-order valence-corrected chi connectivity index (χ1v) is 8.57. The molecule has 0 spiro atoms. The van der Waals surface area contributed by atoms with Crippen molar-refractivity contribution < 1.29 is 4.79 Å². The van der Waals surface area contributed by atoms with Crippen molar-refractivity contribution in [1.82, 2.24) is 20.0 Å². The van der Waals surface area contributed by atoms with E-state index in [-0.39, 0.29) is 6.03 Å². The quantitative estimate of drug-likeness (QED) is 0.887. The Morgan fingerprint density at radius 3 is 2.67 bits per heavy atom. The number of hydrogen-bond donors (Lipinski definition) is 1. The molecule has 1 atom stereocenters. The van der Waals surface area contributed by atoms with Crippen LogP contribution in [0, 0.1) is 12.8 Å². The zero-order chi connectivity index (χ0) is 17.1. The second-order valence-electron chi connectivity index (χ2n) is 6.78. The topological polar surface area (TPSA) is 50.2 Å². The van der Waals surface area contributed by atoms with Crippen LogP contribution in [0.25, 0.3) is 0 Å². The number of aryl methyl sites for hydroxylation is 1. The number of carbonyl (C=O) groups excluding carboxylic acids is 1. The van der Waals surface area contributed by atoms with Gasteiger partial charge in [0.25, 0.3) is 0 Å². The smallest absolute Gasteiger partial charge is 0.317 e. The van der Waals surface area contributed by atoms with Crippen molar-refractivity contribution >= 4 is 6.03 Å². The molecule has 1 heterocycles. The molecule has 0 aliphatic heterocycles. The average molecular weight is 326 g/mol. The van der Waals surface area contributed by atoms with Gasteiger partial charge in [-0.3, -0.25) is 4.68 Å². The van der Waals surface area contributed by atoms with E-state index in [0.29, 0.717) is 24.9 Å². The summed E-state index contributed by atoms with van der Waals surface area (Å²) in [6, 6.07) is 10.5. The van der Waals surface area contributed by atoms with Gasteiger partial charge < -0.3 is 10.2 Å². The van der Waals surface area contributed by atoms with Crippen molar-refractivity contribution in [2.24, 2.45) is 13.0 Å². The lowest BCUT2D eigenvalue weighted by atomic mass is 9.94. The molecule has 5 nitrogen and oxygen atoms in total. The van der Waals surface area contributed by atoms with Crippen LogP contribution >= 0.6 is 0 Å². The maximum atomic E-state index is 12.4. The van der Waals surface area contributed by atoms with Crippen LogP contribution in [0.5, 0.6) is 0 Å². The molecule has 1 unspecified atom stereocenters.